The summed E-state index contributed by atoms with van der Waals surface area (Å²) < 4.78 is 5.56. The van der Waals surface area contributed by atoms with Crippen molar-refractivity contribution < 1.29 is 4.74 Å². The maximum atomic E-state index is 5.75. The molecule has 0 aliphatic heterocycles. The first kappa shape index (κ1) is 15.0. The van der Waals surface area contributed by atoms with Gasteiger partial charge in [0, 0.05) is 11.4 Å². The molecule has 23 heavy (non-hydrogen) atoms. The molecule has 0 aliphatic rings. The Kier molecular flexibility index (Phi) is 4.20. The molecule has 3 aromatic rings. The van der Waals surface area contributed by atoms with E-state index in [1.165, 1.54) is 5.56 Å². The SMILES string of the molecule is COc1cc(-c2ccc(N)cc2)ccc1Nc1ccccc1C. The zero-order valence-electron chi connectivity index (χ0n) is 13.3. The van der Waals surface area contributed by atoms with Crippen molar-refractivity contribution in [2.24, 2.45) is 0 Å². The number of benzene rings is 3. The van der Waals surface area contributed by atoms with E-state index in [9.17, 15) is 0 Å². The van der Waals surface area contributed by atoms with E-state index in [1.54, 1.807) is 7.11 Å². The molecule has 0 saturated heterocycles. The van der Waals surface area contributed by atoms with Crippen molar-refractivity contribution in [2.45, 2.75) is 6.92 Å². The first-order chi connectivity index (χ1) is 11.2. The molecule has 0 bridgehead atoms. The number of nitrogen functional groups attached to an aromatic ring is 1. The minimum Gasteiger partial charge on any atom is -0.495 e. The molecule has 116 valence electrons. The lowest BCUT2D eigenvalue weighted by Crippen LogP contribution is -1.96. The molecular formula is C20H20N2O. The number of methoxy groups -OCH3 is 1. The first-order valence-corrected chi connectivity index (χ1v) is 7.54. The molecule has 0 heterocycles. The van der Waals surface area contributed by atoms with Crippen LogP contribution in [0, 0.1) is 6.92 Å². The highest BCUT2D eigenvalue weighted by molar-refractivity contribution is 5.75. The molecule has 0 aliphatic carbocycles. The van der Waals surface area contributed by atoms with Crippen LogP contribution in [0.1, 0.15) is 5.56 Å². The van der Waals surface area contributed by atoms with Gasteiger partial charge in [0.2, 0.25) is 0 Å². The maximum Gasteiger partial charge on any atom is 0.142 e. The van der Waals surface area contributed by atoms with Gasteiger partial charge in [0.15, 0.2) is 0 Å². The van der Waals surface area contributed by atoms with E-state index >= 15 is 0 Å². The molecule has 0 fully saturated rings. The van der Waals surface area contributed by atoms with E-state index in [2.05, 4.69) is 30.4 Å². The monoisotopic (exact) mass is 304 g/mol. The average Bonchev–Trinajstić information content (AvgIpc) is 2.58. The van der Waals surface area contributed by atoms with Gasteiger partial charge in [0.1, 0.15) is 5.75 Å². The van der Waals surface area contributed by atoms with Crippen molar-refractivity contribution >= 4 is 17.1 Å². The van der Waals surface area contributed by atoms with Gasteiger partial charge in [-0.05, 0) is 53.9 Å². The van der Waals surface area contributed by atoms with Gasteiger partial charge in [0.05, 0.1) is 12.8 Å². The van der Waals surface area contributed by atoms with Gasteiger partial charge in [-0.15, -0.1) is 0 Å². The number of nitrogens with one attached hydrogen (secondary N) is 1. The molecule has 0 radical (unpaired) electrons. The average molecular weight is 304 g/mol. The van der Waals surface area contributed by atoms with Gasteiger partial charge in [-0.2, -0.15) is 0 Å². The molecule has 0 spiro atoms. The number of hydrogen-bond acceptors (Lipinski definition) is 3. The second-order valence-corrected chi connectivity index (χ2v) is 5.48. The predicted octanol–water partition coefficient (Wildman–Crippen LogP) is 5.00. The van der Waals surface area contributed by atoms with E-state index in [0.717, 1.165) is 33.9 Å². The van der Waals surface area contributed by atoms with Crippen molar-refractivity contribution in [3.05, 3.63) is 72.3 Å². The van der Waals surface area contributed by atoms with E-state index in [-0.39, 0.29) is 0 Å². The van der Waals surface area contributed by atoms with Crippen LogP contribution in [0.5, 0.6) is 5.75 Å². The van der Waals surface area contributed by atoms with Crippen LogP contribution in [0.2, 0.25) is 0 Å². The molecular weight excluding hydrogens is 284 g/mol. The molecule has 0 aromatic heterocycles. The number of ether oxygens (including phenoxy) is 1. The Morgan fingerprint density at radius 1 is 0.826 bits per heavy atom. The van der Waals surface area contributed by atoms with E-state index in [0.29, 0.717) is 0 Å². The minimum atomic E-state index is 0.763. The Bertz CT molecular complexity index is 810. The first-order valence-electron chi connectivity index (χ1n) is 7.54. The number of aryl methyl sites for hydroxylation is 1. The van der Waals surface area contributed by atoms with Crippen molar-refractivity contribution in [3.8, 4) is 16.9 Å². The van der Waals surface area contributed by atoms with Crippen LogP contribution in [0.3, 0.4) is 0 Å². The molecule has 0 unspecified atom stereocenters. The maximum absolute atomic E-state index is 5.75. The van der Waals surface area contributed by atoms with Crippen LogP contribution in [0.15, 0.2) is 66.7 Å². The fourth-order valence-corrected chi connectivity index (χ4v) is 2.51. The predicted molar refractivity (Wildman–Crippen MR) is 97.3 cm³/mol. The summed E-state index contributed by atoms with van der Waals surface area (Å²) >= 11 is 0. The van der Waals surface area contributed by atoms with Crippen molar-refractivity contribution in [1.29, 1.82) is 0 Å². The summed E-state index contributed by atoms with van der Waals surface area (Å²) in [7, 11) is 1.69. The fraction of sp³-hybridized carbons (Fsp3) is 0.100. The summed E-state index contributed by atoms with van der Waals surface area (Å²) in [5.41, 5.74) is 11.9. The number of hydrogen-bond donors (Lipinski definition) is 2. The van der Waals surface area contributed by atoms with Crippen LogP contribution < -0.4 is 15.8 Å². The highest BCUT2D eigenvalue weighted by Crippen LogP contribution is 2.33. The zero-order valence-corrected chi connectivity index (χ0v) is 13.3. The number of anilines is 3. The van der Waals surface area contributed by atoms with Crippen LogP contribution in [0.4, 0.5) is 17.1 Å². The Morgan fingerprint density at radius 3 is 2.22 bits per heavy atom. The van der Waals surface area contributed by atoms with E-state index < -0.39 is 0 Å². The Hall–Kier alpha value is -2.94. The van der Waals surface area contributed by atoms with Crippen LogP contribution >= 0.6 is 0 Å². The van der Waals surface area contributed by atoms with Gasteiger partial charge in [-0.25, -0.2) is 0 Å². The highest BCUT2D eigenvalue weighted by Gasteiger charge is 2.07. The van der Waals surface area contributed by atoms with Crippen LogP contribution in [-0.2, 0) is 0 Å². The standard InChI is InChI=1S/C20H20N2O/c1-14-5-3-4-6-18(14)22-19-12-9-16(13-20(19)23-2)15-7-10-17(21)11-8-15/h3-13,22H,21H2,1-2H3. The highest BCUT2D eigenvalue weighted by atomic mass is 16.5. The Labute approximate surface area is 136 Å². The summed E-state index contributed by atoms with van der Waals surface area (Å²) in [4.78, 5) is 0. The van der Waals surface area contributed by atoms with Crippen molar-refractivity contribution in [2.75, 3.05) is 18.2 Å². The molecule has 0 amide bonds. The minimum absolute atomic E-state index is 0.763. The summed E-state index contributed by atoms with van der Waals surface area (Å²) in [6.45, 7) is 2.08. The van der Waals surface area contributed by atoms with Crippen molar-refractivity contribution in [1.82, 2.24) is 0 Å². The third-order valence-electron chi connectivity index (χ3n) is 3.86. The largest absolute Gasteiger partial charge is 0.495 e. The fourth-order valence-electron chi connectivity index (χ4n) is 2.51. The third kappa shape index (κ3) is 3.29. The summed E-state index contributed by atoms with van der Waals surface area (Å²) in [5, 5.41) is 3.43. The van der Waals surface area contributed by atoms with Crippen LogP contribution in [-0.4, -0.2) is 7.11 Å². The third-order valence-corrected chi connectivity index (χ3v) is 3.86. The lowest BCUT2D eigenvalue weighted by molar-refractivity contribution is 0.417. The zero-order chi connectivity index (χ0) is 16.2. The molecule has 3 rings (SSSR count). The normalized spacial score (nSPS) is 10.3. The molecule has 0 atom stereocenters. The molecule has 3 aromatic carbocycles. The second-order valence-electron chi connectivity index (χ2n) is 5.48. The summed E-state index contributed by atoms with van der Waals surface area (Å²) in [6, 6.07) is 22.2. The summed E-state index contributed by atoms with van der Waals surface area (Å²) in [6.07, 6.45) is 0. The quantitative estimate of drug-likeness (QED) is 0.667. The number of para-hydroxylation sites is 1. The molecule has 3 nitrogen and oxygen atoms in total. The second kappa shape index (κ2) is 6.44. The van der Waals surface area contributed by atoms with Gasteiger partial charge in [-0.1, -0.05) is 36.4 Å². The number of nitrogens with two attached hydrogens (primary N) is 1. The topological polar surface area (TPSA) is 47.3 Å². The molecule has 3 heteroatoms. The van der Waals surface area contributed by atoms with E-state index in [1.807, 2.05) is 48.5 Å². The van der Waals surface area contributed by atoms with Gasteiger partial charge < -0.3 is 15.8 Å². The van der Waals surface area contributed by atoms with Gasteiger partial charge >= 0.3 is 0 Å². The molecule has 3 N–H and O–H groups in total. The Morgan fingerprint density at radius 2 is 1.52 bits per heavy atom. The summed E-state index contributed by atoms with van der Waals surface area (Å²) in [5.74, 6) is 0.808. The van der Waals surface area contributed by atoms with E-state index in [4.69, 9.17) is 10.5 Å². The smallest absolute Gasteiger partial charge is 0.142 e. The van der Waals surface area contributed by atoms with Crippen LogP contribution in [0.25, 0.3) is 11.1 Å². The lowest BCUT2D eigenvalue weighted by Gasteiger charge is -2.14. The van der Waals surface area contributed by atoms with Gasteiger partial charge in [-0.3, -0.25) is 0 Å². The Balaban J connectivity index is 1.94. The number of rotatable bonds is 4. The van der Waals surface area contributed by atoms with Gasteiger partial charge in [0.25, 0.3) is 0 Å². The molecule has 0 saturated carbocycles. The lowest BCUT2D eigenvalue weighted by atomic mass is 10.0. The van der Waals surface area contributed by atoms with Crippen molar-refractivity contribution in [3.63, 3.8) is 0 Å².